The second-order valence-corrected chi connectivity index (χ2v) is 4.86. The van der Waals surface area contributed by atoms with Gasteiger partial charge >= 0.3 is 0 Å². The van der Waals surface area contributed by atoms with Crippen LogP contribution in [0.3, 0.4) is 0 Å². The molecule has 0 amide bonds. The van der Waals surface area contributed by atoms with Gasteiger partial charge in [0, 0.05) is 17.7 Å². The maximum atomic E-state index is 12.9. The number of aromatic nitrogens is 2. The molecule has 3 nitrogen and oxygen atoms in total. The summed E-state index contributed by atoms with van der Waals surface area (Å²) in [5.41, 5.74) is 2.75. The topological polar surface area (TPSA) is 37.8 Å². The van der Waals surface area contributed by atoms with Gasteiger partial charge in [-0.15, -0.1) is 0 Å². The minimum atomic E-state index is -0.233. The van der Waals surface area contributed by atoms with E-state index in [2.05, 4.69) is 15.3 Å². The van der Waals surface area contributed by atoms with Crippen molar-refractivity contribution in [2.24, 2.45) is 0 Å². The van der Waals surface area contributed by atoms with Crippen LogP contribution in [-0.4, -0.2) is 23.1 Å². The Morgan fingerprint density at radius 1 is 1.00 bits per heavy atom. The first-order valence-electron chi connectivity index (χ1n) is 6.61. The largest absolute Gasteiger partial charge is 0.317 e. The van der Waals surface area contributed by atoms with Gasteiger partial charge in [-0.05, 0) is 50.2 Å². The molecule has 1 N–H and O–H groups in total. The van der Waals surface area contributed by atoms with E-state index in [1.807, 2.05) is 6.20 Å². The average Bonchev–Trinajstić information content (AvgIpc) is 2.49. The number of hydrogen-bond donors (Lipinski definition) is 1. The van der Waals surface area contributed by atoms with Crippen molar-refractivity contribution in [3.8, 4) is 11.3 Å². The fraction of sp³-hybridized carbons (Fsp3) is 0.333. The van der Waals surface area contributed by atoms with Crippen LogP contribution in [0.2, 0.25) is 0 Å². The maximum absolute atomic E-state index is 12.9. The molecule has 4 heteroatoms. The number of rotatable bonds is 2. The Kier molecular flexibility index (Phi) is 3.51. The lowest BCUT2D eigenvalue weighted by Gasteiger charge is -2.21. The van der Waals surface area contributed by atoms with Crippen molar-refractivity contribution in [2.45, 2.75) is 18.8 Å². The summed E-state index contributed by atoms with van der Waals surface area (Å²) in [4.78, 5) is 8.97. The smallest absolute Gasteiger partial charge is 0.123 e. The van der Waals surface area contributed by atoms with Crippen molar-refractivity contribution in [3.05, 3.63) is 48.2 Å². The molecular formula is C15H16FN3. The third-order valence-corrected chi connectivity index (χ3v) is 3.57. The summed E-state index contributed by atoms with van der Waals surface area (Å²) < 4.78 is 12.9. The van der Waals surface area contributed by atoms with Crippen molar-refractivity contribution in [3.63, 3.8) is 0 Å². The van der Waals surface area contributed by atoms with E-state index in [9.17, 15) is 4.39 Å². The Hall–Kier alpha value is -1.81. The van der Waals surface area contributed by atoms with Gasteiger partial charge in [0.15, 0.2) is 0 Å². The molecule has 19 heavy (non-hydrogen) atoms. The summed E-state index contributed by atoms with van der Waals surface area (Å²) in [5.74, 6) is 0.277. The minimum absolute atomic E-state index is 0.233. The van der Waals surface area contributed by atoms with Crippen LogP contribution in [0.15, 0.2) is 36.7 Å². The Morgan fingerprint density at radius 3 is 2.37 bits per heavy atom. The number of benzene rings is 1. The molecule has 1 aromatic carbocycles. The zero-order valence-electron chi connectivity index (χ0n) is 10.6. The van der Waals surface area contributed by atoms with Gasteiger partial charge in [-0.25, -0.2) is 4.39 Å². The quantitative estimate of drug-likeness (QED) is 0.899. The summed E-state index contributed by atoms with van der Waals surface area (Å²) in [5, 5.41) is 3.34. The van der Waals surface area contributed by atoms with Crippen LogP contribution in [0, 0.1) is 5.82 Å². The summed E-state index contributed by atoms with van der Waals surface area (Å²) in [6, 6.07) is 6.34. The molecule has 0 bridgehead atoms. The van der Waals surface area contributed by atoms with Crippen LogP contribution in [0.25, 0.3) is 11.3 Å². The summed E-state index contributed by atoms with van der Waals surface area (Å²) in [7, 11) is 0. The zero-order valence-corrected chi connectivity index (χ0v) is 10.6. The predicted octanol–water partition coefficient (Wildman–Crippen LogP) is 2.75. The number of piperidine rings is 1. The van der Waals surface area contributed by atoms with Crippen molar-refractivity contribution in [1.29, 1.82) is 0 Å². The van der Waals surface area contributed by atoms with Crippen molar-refractivity contribution < 1.29 is 4.39 Å². The van der Waals surface area contributed by atoms with Crippen molar-refractivity contribution in [1.82, 2.24) is 15.3 Å². The van der Waals surface area contributed by atoms with Gasteiger partial charge in [0.1, 0.15) is 5.82 Å². The summed E-state index contributed by atoms with van der Waals surface area (Å²) >= 11 is 0. The summed E-state index contributed by atoms with van der Waals surface area (Å²) in [6.45, 7) is 2.10. The van der Waals surface area contributed by atoms with Gasteiger partial charge in [0.25, 0.3) is 0 Å². The third-order valence-electron chi connectivity index (χ3n) is 3.57. The molecule has 0 saturated carbocycles. The second kappa shape index (κ2) is 5.45. The monoisotopic (exact) mass is 257 g/mol. The molecule has 1 aliphatic rings. The lowest BCUT2D eigenvalue weighted by Crippen LogP contribution is -2.27. The molecule has 3 rings (SSSR count). The first-order valence-corrected chi connectivity index (χ1v) is 6.61. The standard InChI is InChI=1S/C15H16FN3/c16-13-3-1-11(2-4-13)14-9-19-15(10-18-14)12-5-7-17-8-6-12/h1-4,9-10,12,17H,5-8H2. The maximum Gasteiger partial charge on any atom is 0.123 e. The van der Waals surface area contributed by atoms with E-state index in [1.54, 1.807) is 18.3 Å². The van der Waals surface area contributed by atoms with E-state index in [1.165, 1.54) is 12.1 Å². The molecule has 0 spiro atoms. The van der Waals surface area contributed by atoms with E-state index in [0.717, 1.165) is 42.9 Å². The van der Waals surface area contributed by atoms with Gasteiger partial charge in [-0.1, -0.05) is 0 Å². The Balaban J connectivity index is 1.80. The molecule has 1 fully saturated rings. The molecule has 0 aliphatic carbocycles. The summed E-state index contributed by atoms with van der Waals surface area (Å²) in [6.07, 6.45) is 5.87. The highest BCUT2D eigenvalue weighted by Crippen LogP contribution is 2.24. The van der Waals surface area contributed by atoms with Crippen molar-refractivity contribution in [2.75, 3.05) is 13.1 Å². The van der Waals surface area contributed by atoms with Crippen LogP contribution in [0.5, 0.6) is 0 Å². The van der Waals surface area contributed by atoms with Crippen LogP contribution in [-0.2, 0) is 0 Å². The molecule has 1 saturated heterocycles. The van der Waals surface area contributed by atoms with Gasteiger partial charge in [0.05, 0.1) is 17.6 Å². The Bertz CT molecular complexity index is 530. The molecule has 0 unspecified atom stereocenters. The molecule has 2 heterocycles. The first kappa shape index (κ1) is 12.2. The van der Waals surface area contributed by atoms with E-state index < -0.39 is 0 Å². The molecule has 0 atom stereocenters. The molecule has 2 aromatic rings. The van der Waals surface area contributed by atoms with Gasteiger partial charge in [-0.3, -0.25) is 9.97 Å². The highest BCUT2D eigenvalue weighted by molar-refractivity contribution is 5.57. The molecule has 98 valence electrons. The highest BCUT2D eigenvalue weighted by atomic mass is 19.1. The fourth-order valence-electron chi connectivity index (χ4n) is 2.44. The molecule has 1 aromatic heterocycles. The van der Waals surface area contributed by atoms with Gasteiger partial charge in [-0.2, -0.15) is 0 Å². The SMILES string of the molecule is Fc1ccc(-c2cnc(C3CCNCC3)cn2)cc1. The highest BCUT2D eigenvalue weighted by Gasteiger charge is 2.16. The number of halogens is 1. The van der Waals surface area contributed by atoms with Crippen LogP contribution in [0.1, 0.15) is 24.5 Å². The minimum Gasteiger partial charge on any atom is -0.317 e. The first-order chi connectivity index (χ1) is 9.33. The third kappa shape index (κ3) is 2.79. The molecule has 0 radical (unpaired) electrons. The van der Waals surface area contributed by atoms with Crippen molar-refractivity contribution >= 4 is 0 Å². The van der Waals surface area contributed by atoms with Crippen LogP contribution < -0.4 is 5.32 Å². The number of nitrogens with zero attached hydrogens (tertiary/aromatic N) is 2. The Labute approximate surface area is 111 Å². The fourth-order valence-corrected chi connectivity index (χ4v) is 2.44. The lowest BCUT2D eigenvalue weighted by atomic mass is 9.95. The van der Waals surface area contributed by atoms with E-state index >= 15 is 0 Å². The second-order valence-electron chi connectivity index (χ2n) is 4.86. The number of nitrogens with one attached hydrogen (secondary N) is 1. The predicted molar refractivity (Wildman–Crippen MR) is 72.3 cm³/mol. The zero-order chi connectivity index (χ0) is 13.1. The van der Waals surface area contributed by atoms with Crippen LogP contribution in [0.4, 0.5) is 4.39 Å². The van der Waals surface area contributed by atoms with E-state index in [-0.39, 0.29) is 5.82 Å². The van der Waals surface area contributed by atoms with E-state index in [0.29, 0.717) is 5.92 Å². The molecular weight excluding hydrogens is 241 g/mol. The van der Waals surface area contributed by atoms with Crippen LogP contribution >= 0.6 is 0 Å². The number of hydrogen-bond acceptors (Lipinski definition) is 3. The average molecular weight is 257 g/mol. The molecule has 1 aliphatic heterocycles. The normalized spacial score (nSPS) is 16.5. The van der Waals surface area contributed by atoms with Gasteiger partial charge in [0.2, 0.25) is 0 Å². The Morgan fingerprint density at radius 2 is 1.74 bits per heavy atom. The van der Waals surface area contributed by atoms with Gasteiger partial charge < -0.3 is 5.32 Å². The lowest BCUT2D eigenvalue weighted by molar-refractivity contribution is 0.452. The van der Waals surface area contributed by atoms with E-state index in [4.69, 9.17) is 0 Å².